The summed E-state index contributed by atoms with van der Waals surface area (Å²) in [6, 6.07) is 18.1. The van der Waals surface area contributed by atoms with Crippen molar-refractivity contribution < 1.29 is 0 Å². The van der Waals surface area contributed by atoms with Gasteiger partial charge in [0, 0.05) is 0 Å². The third kappa shape index (κ3) is 4.93. The lowest BCUT2D eigenvalue weighted by atomic mass is 9.86. The van der Waals surface area contributed by atoms with Crippen LogP contribution in [-0.4, -0.2) is 5.75 Å². The Morgan fingerprint density at radius 1 is 0.667 bits per heavy atom. The number of aryl methyl sites for hydroxylation is 3. The van der Waals surface area contributed by atoms with Gasteiger partial charge >= 0.3 is 0 Å². The van der Waals surface area contributed by atoms with Crippen molar-refractivity contribution in [2.75, 3.05) is 5.75 Å². The van der Waals surface area contributed by atoms with E-state index in [1.807, 2.05) is 0 Å². The van der Waals surface area contributed by atoms with Gasteiger partial charge < -0.3 is 0 Å². The molecule has 0 radical (unpaired) electrons. The van der Waals surface area contributed by atoms with E-state index < -0.39 is 0 Å². The van der Waals surface area contributed by atoms with Crippen LogP contribution in [0, 0.1) is 0 Å². The van der Waals surface area contributed by atoms with E-state index in [1.54, 1.807) is 0 Å². The first-order valence-corrected chi connectivity index (χ1v) is 8.40. The first-order chi connectivity index (χ1) is 9.99. The molecule has 0 spiro atoms. The van der Waals surface area contributed by atoms with E-state index in [0.29, 0.717) is 0 Å². The van der Waals surface area contributed by atoms with Crippen LogP contribution >= 0.6 is 12.6 Å². The van der Waals surface area contributed by atoms with Gasteiger partial charge in [0.25, 0.3) is 0 Å². The van der Waals surface area contributed by atoms with E-state index in [9.17, 15) is 0 Å². The van der Waals surface area contributed by atoms with Crippen LogP contribution in [0.4, 0.5) is 0 Å². The Morgan fingerprint density at radius 2 is 1.05 bits per heavy atom. The Labute approximate surface area is 135 Å². The normalized spacial score (nSPS) is 11.6. The highest BCUT2D eigenvalue weighted by Gasteiger charge is 2.12. The zero-order valence-electron chi connectivity index (χ0n) is 13.4. The minimum absolute atomic E-state index is 0.237. The standard InChI is InChI=1S/C20H26S/c1-20(2,3)19-12-10-17(11-13-19)5-4-16-6-8-18(9-7-16)14-15-21/h6-13,21H,4-5,14-15H2,1-3H3. The van der Waals surface area contributed by atoms with Crippen molar-refractivity contribution in [1.29, 1.82) is 0 Å². The van der Waals surface area contributed by atoms with Crippen molar-refractivity contribution in [3.8, 4) is 0 Å². The Hall–Kier alpha value is -1.21. The molecule has 0 nitrogen and oxygen atoms in total. The molecule has 2 rings (SSSR count). The second kappa shape index (κ2) is 7.17. The number of benzene rings is 2. The number of hydrogen-bond donors (Lipinski definition) is 1. The average molecular weight is 298 g/mol. The summed E-state index contributed by atoms with van der Waals surface area (Å²) < 4.78 is 0. The van der Waals surface area contributed by atoms with E-state index in [1.165, 1.54) is 22.3 Å². The molecule has 112 valence electrons. The first kappa shape index (κ1) is 16.2. The van der Waals surface area contributed by atoms with Crippen LogP contribution in [0.2, 0.25) is 0 Å². The average Bonchev–Trinajstić information content (AvgIpc) is 2.46. The molecule has 1 heteroatoms. The van der Waals surface area contributed by atoms with E-state index in [0.717, 1.165) is 25.0 Å². The molecule has 0 N–H and O–H groups in total. The summed E-state index contributed by atoms with van der Waals surface area (Å²) >= 11 is 4.28. The van der Waals surface area contributed by atoms with Crippen LogP contribution in [0.1, 0.15) is 43.0 Å². The number of hydrogen-bond acceptors (Lipinski definition) is 1. The van der Waals surface area contributed by atoms with Gasteiger partial charge in [-0.05, 0) is 52.7 Å². The van der Waals surface area contributed by atoms with Gasteiger partial charge in [0.1, 0.15) is 0 Å². The van der Waals surface area contributed by atoms with Crippen molar-refractivity contribution in [2.24, 2.45) is 0 Å². The Bertz CT molecular complexity index is 544. The Morgan fingerprint density at radius 3 is 1.43 bits per heavy atom. The van der Waals surface area contributed by atoms with E-state index in [2.05, 4.69) is 81.9 Å². The number of thiol groups is 1. The minimum Gasteiger partial charge on any atom is -0.179 e. The molecule has 0 aromatic heterocycles. The molecule has 0 heterocycles. The van der Waals surface area contributed by atoms with Crippen molar-refractivity contribution >= 4 is 12.6 Å². The zero-order valence-corrected chi connectivity index (χ0v) is 14.3. The third-order valence-corrected chi connectivity index (χ3v) is 4.17. The highest BCUT2D eigenvalue weighted by atomic mass is 32.1. The van der Waals surface area contributed by atoms with Crippen LogP contribution < -0.4 is 0 Å². The summed E-state index contributed by atoms with van der Waals surface area (Å²) in [5, 5.41) is 0. The lowest BCUT2D eigenvalue weighted by molar-refractivity contribution is 0.590. The quantitative estimate of drug-likeness (QED) is 0.717. The van der Waals surface area contributed by atoms with Gasteiger partial charge in [0.2, 0.25) is 0 Å². The van der Waals surface area contributed by atoms with Crippen molar-refractivity contribution in [3.05, 3.63) is 70.8 Å². The van der Waals surface area contributed by atoms with E-state index >= 15 is 0 Å². The number of rotatable bonds is 5. The Balaban J connectivity index is 1.93. The second-order valence-electron chi connectivity index (χ2n) is 6.74. The molecule has 0 aliphatic carbocycles. The zero-order chi connectivity index (χ0) is 15.3. The molecule has 0 fully saturated rings. The monoisotopic (exact) mass is 298 g/mol. The van der Waals surface area contributed by atoms with Crippen LogP contribution in [0.25, 0.3) is 0 Å². The predicted octanol–water partition coefficient (Wildman–Crippen LogP) is 5.24. The van der Waals surface area contributed by atoms with Crippen molar-refractivity contribution in [3.63, 3.8) is 0 Å². The highest BCUT2D eigenvalue weighted by Crippen LogP contribution is 2.22. The van der Waals surface area contributed by atoms with Crippen LogP contribution in [0.15, 0.2) is 48.5 Å². The van der Waals surface area contributed by atoms with Gasteiger partial charge in [-0.2, -0.15) is 12.6 Å². The van der Waals surface area contributed by atoms with Gasteiger partial charge in [-0.1, -0.05) is 69.3 Å². The molecule has 0 aliphatic heterocycles. The molecule has 0 saturated carbocycles. The SMILES string of the molecule is CC(C)(C)c1ccc(CCc2ccc(CCS)cc2)cc1. The van der Waals surface area contributed by atoms with Gasteiger partial charge in [-0.15, -0.1) is 0 Å². The molecule has 21 heavy (non-hydrogen) atoms. The third-order valence-electron chi connectivity index (χ3n) is 3.95. The molecule has 2 aromatic carbocycles. The van der Waals surface area contributed by atoms with Crippen LogP contribution in [-0.2, 0) is 24.7 Å². The summed E-state index contributed by atoms with van der Waals surface area (Å²) in [7, 11) is 0. The van der Waals surface area contributed by atoms with Gasteiger partial charge in [0.15, 0.2) is 0 Å². The van der Waals surface area contributed by atoms with Crippen LogP contribution in [0.5, 0.6) is 0 Å². The van der Waals surface area contributed by atoms with Crippen molar-refractivity contribution in [1.82, 2.24) is 0 Å². The summed E-state index contributed by atoms with van der Waals surface area (Å²) in [6.07, 6.45) is 3.27. The Kier molecular flexibility index (Phi) is 5.52. The molecule has 0 bridgehead atoms. The fraction of sp³-hybridized carbons (Fsp3) is 0.400. The fourth-order valence-corrected chi connectivity index (χ4v) is 2.72. The maximum atomic E-state index is 4.28. The maximum Gasteiger partial charge on any atom is -0.00574 e. The molecular weight excluding hydrogens is 272 g/mol. The molecule has 0 unspecified atom stereocenters. The van der Waals surface area contributed by atoms with E-state index in [4.69, 9.17) is 0 Å². The first-order valence-electron chi connectivity index (χ1n) is 7.77. The molecule has 0 atom stereocenters. The molecule has 0 saturated heterocycles. The topological polar surface area (TPSA) is 0 Å². The maximum absolute atomic E-state index is 4.28. The van der Waals surface area contributed by atoms with Crippen LogP contribution in [0.3, 0.4) is 0 Å². The summed E-state index contributed by atoms with van der Waals surface area (Å²) in [6.45, 7) is 6.77. The summed E-state index contributed by atoms with van der Waals surface area (Å²) in [5.41, 5.74) is 5.85. The smallest absolute Gasteiger partial charge is 0.00574 e. The fourth-order valence-electron chi connectivity index (χ4n) is 2.46. The van der Waals surface area contributed by atoms with E-state index in [-0.39, 0.29) is 5.41 Å². The van der Waals surface area contributed by atoms with Gasteiger partial charge in [0.05, 0.1) is 0 Å². The second-order valence-corrected chi connectivity index (χ2v) is 7.18. The summed E-state index contributed by atoms with van der Waals surface area (Å²) in [4.78, 5) is 0. The molecule has 0 aliphatic rings. The molecular formula is C20H26S. The highest BCUT2D eigenvalue weighted by molar-refractivity contribution is 7.80. The van der Waals surface area contributed by atoms with Gasteiger partial charge in [-0.3, -0.25) is 0 Å². The lowest BCUT2D eigenvalue weighted by Crippen LogP contribution is -2.10. The lowest BCUT2D eigenvalue weighted by Gasteiger charge is -2.19. The van der Waals surface area contributed by atoms with Crippen molar-refractivity contribution in [2.45, 2.75) is 45.4 Å². The molecule has 0 amide bonds. The predicted molar refractivity (Wildman–Crippen MR) is 96.5 cm³/mol. The largest absolute Gasteiger partial charge is 0.179 e. The minimum atomic E-state index is 0.237. The van der Waals surface area contributed by atoms with Gasteiger partial charge in [-0.25, -0.2) is 0 Å². The summed E-state index contributed by atoms with van der Waals surface area (Å²) in [5.74, 6) is 0.916. The molecule has 2 aromatic rings.